The summed E-state index contributed by atoms with van der Waals surface area (Å²) in [6.45, 7) is 16.2. The first kappa shape index (κ1) is 33.0. The molecule has 0 saturated heterocycles. The highest BCUT2D eigenvalue weighted by Gasteiger charge is 2.59. The number of nitrogens with one attached hydrogen (secondary N) is 2. The third-order valence-corrected chi connectivity index (χ3v) is 12.2. The number of carbonyl (C=O) groups is 1. The molecule has 4 aliphatic rings. The molecule has 6 N–H and O–H groups in total. The molecule has 0 aromatic heterocycles. The summed E-state index contributed by atoms with van der Waals surface area (Å²) in [5, 5.41) is 6.58. The molecule has 5 unspecified atom stereocenters. The van der Waals surface area contributed by atoms with Crippen LogP contribution in [0, 0.1) is 46.3 Å². The molecule has 9 atom stereocenters. The van der Waals surface area contributed by atoms with E-state index in [9.17, 15) is 4.79 Å². The van der Waals surface area contributed by atoms with Crippen LogP contribution in [0.25, 0.3) is 0 Å². The molecule has 0 heterocycles. The molecule has 236 valence electrons. The van der Waals surface area contributed by atoms with E-state index in [0.29, 0.717) is 18.5 Å². The second kappa shape index (κ2) is 14.7. The largest absolute Gasteiger partial charge is 0.461 e. The molecule has 0 bridgehead atoms. The van der Waals surface area contributed by atoms with Gasteiger partial charge in [0.15, 0.2) is 0 Å². The van der Waals surface area contributed by atoms with Gasteiger partial charge in [0, 0.05) is 26.1 Å². The van der Waals surface area contributed by atoms with Crippen LogP contribution in [-0.4, -0.2) is 50.8 Å². The van der Waals surface area contributed by atoms with Gasteiger partial charge < -0.3 is 26.8 Å². The monoisotopic (exact) mass is 573 g/mol. The minimum atomic E-state index is -0.607. The average molecular weight is 573 g/mol. The number of rotatable bonds is 15. The Bertz CT molecular complexity index is 876. The molecule has 0 radical (unpaired) electrons. The van der Waals surface area contributed by atoms with Crippen molar-refractivity contribution >= 4 is 5.97 Å². The van der Waals surface area contributed by atoms with Gasteiger partial charge >= 0.3 is 5.97 Å². The number of esters is 1. The highest BCUT2D eigenvalue weighted by molar-refractivity contribution is 5.76. The van der Waals surface area contributed by atoms with Gasteiger partial charge in [-0.25, -0.2) is 0 Å². The SMILES string of the molecule is CC(C)CCC[C@@H](C)[C@H]1CCC2C3CC=C4CC(OC(=O)C(N)CNCCCNCCN)CC[C@]4(C)C3CC[C@@]21C. The van der Waals surface area contributed by atoms with Gasteiger partial charge in [0.25, 0.3) is 0 Å². The zero-order valence-electron chi connectivity index (χ0n) is 27.2. The summed E-state index contributed by atoms with van der Waals surface area (Å²) < 4.78 is 5.99. The number of fused-ring (bicyclic) bond motifs is 5. The Hall–Kier alpha value is -0.950. The summed E-state index contributed by atoms with van der Waals surface area (Å²) in [5.74, 6) is 4.83. The van der Waals surface area contributed by atoms with E-state index in [4.69, 9.17) is 16.2 Å². The fraction of sp³-hybridized carbons (Fsp3) is 0.914. The molecule has 0 aromatic rings. The van der Waals surface area contributed by atoms with Gasteiger partial charge in [0.1, 0.15) is 12.1 Å². The van der Waals surface area contributed by atoms with Crippen molar-refractivity contribution < 1.29 is 9.53 Å². The van der Waals surface area contributed by atoms with Gasteiger partial charge in [-0.1, -0.05) is 65.5 Å². The lowest BCUT2D eigenvalue weighted by molar-refractivity contribution is -0.153. The number of allylic oxidation sites excluding steroid dienone is 1. The van der Waals surface area contributed by atoms with Gasteiger partial charge in [0.2, 0.25) is 0 Å². The van der Waals surface area contributed by atoms with E-state index >= 15 is 0 Å². The normalized spacial score (nSPS) is 36.2. The Morgan fingerprint density at radius 2 is 1.78 bits per heavy atom. The summed E-state index contributed by atoms with van der Waals surface area (Å²) in [6.07, 6.45) is 17.6. The summed E-state index contributed by atoms with van der Waals surface area (Å²) in [7, 11) is 0. The molecule has 0 aliphatic heterocycles. The molecule has 3 saturated carbocycles. The van der Waals surface area contributed by atoms with E-state index in [1.807, 2.05) is 0 Å². The zero-order chi connectivity index (χ0) is 29.6. The van der Waals surface area contributed by atoms with E-state index in [-0.39, 0.29) is 17.5 Å². The smallest absolute Gasteiger partial charge is 0.324 e. The highest BCUT2D eigenvalue weighted by atomic mass is 16.5. The lowest BCUT2D eigenvalue weighted by Crippen LogP contribution is -2.51. The lowest BCUT2D eigenvalue weighted by atomic mass is 9.47. The van der Waals surface area contributed by atoms with Crippen molar-refractivity contribution in [1.29, 1.82) is 0 Å². The van der Waals surface area contributed by atoms with E-state index in [1.54, 1.807) is 5.57 Å². The van der Waals surface area contributed by atoms with Crippen LogP contribution in [0.15, 0.2) is 11.6 Å². The standard InChI is InChI=1S/C35H64N4O2/c1-24(2)8-6-9-25(3)29-12-13-30-28-11-10-26-22-27(14-16-34(26,4)31(28)15-17-35(29,30)5)41-33(40)32(37)23-39-20-7-19-38-21-18-36/h10,24-25,27-32,38-39H,6-9,11-23,36-37H2,1-5H3/t25-,27?,28?,29-,30?,31?,32?,34+,35-/m1/s1. The van der Waals surface area contributed by atoms with Crippen molar-refractivity contribution in [2.45, 2.75) is 124 Å². The molecular formula is C35H64N4O2. The molecular weight excluding hydrogens is 508 g/mol. The number of ether oxygens (including phenoxy) is 1. The van der Waals surface area contributed by atoms with Crippen LogP contribution in [0.4, 0.5) is 0 Å². The first-order valence-corrected chi connectivity index (χ1v) is 17.4. The fourth-order valence-electron chi connectivity index (χ4n) is 9.91. The Morgan fingerprint density at radius 1 is 1.00 bits per heavy atom. The lowest BCUT2D eigenvalue weighted by Gasteiger charge is -2.58. The summed E-state index contributed by atoms with van der Waals surface area (Å²) >= 11 is 0. The Labute approximate surface area is 251 Å². The second-order valence-electron chi connectivity index (χ2n) is 15.3. The van der Waals surface area contributed by atoms with E-state index in [0.717, 1.165) is 80.8 Å². The molecule has 4 aliphatic carbocycles. The van der Waals surface area contributed by atoms with E-state index < -0.39 is 6.04 Å². The minimum Gasteiger partial charge on any atom is -0.461 e. The fourth-order valence-corrected chi connectivity index (χ4v) is 9.91. The molecule has 6 nitrogen and oxygen atoms in total. The van der Waals surface area contributed by atoms with Crippen molar-refractivity contribution in [2.24, 2.45) is 57.8 Å². The summed E-state index contributed by atoms with van der Waals surface area (Å²) in [5.41, 5.74) is 14.1. The quantitative estimate of drug-likeness (QED) is 0.112. The van der Waals surface area contributed by atoms with Gasteiger partial charge in [-0.15, -0.1) is 0 Å². The van der Waals surface area contributed by atoms with Crippen molar-refractivity contribution in [3.8, 4) is 0 Å². The van der Waals surface area contributed by atoms with Gasteiger partial charge in [-0.3, -0.25) is 4.79 Å². The summed E-state index contributed by atoms with van der Waals surface area (Å²) in [4.78, 5) is 12.8. The van der Waals surface area contributed by atoms with Gasteiger partial charge in [-0.2, -0.15) is 0 Å². The van der Waals surface area contributed by atoms with Crippen LogP contribution in [-0.2, 0) is 9.53 Å². The van der Waals surface area contributed by atoms with Crippen LogP contribution in [0.1, 0.15) is 112 Å². The first-order valence-electron chi connectivity index (χ1n) is 17.4. The van der Waals surface area contributed by atoms with E-state index in [2.05, 4.69) is 51.3 Å². The molecule has 6 heteroatoms. The molecule has 3 fully saturated rings. The molecule has 0 spiro atoms. The Balaban J connectivity index is 1.28. The van der Waals surface area contributed by atoms with Crippen molar-refractivity contribution in [3.63, 3.8) is 0 Å². The van der Waals surface area contributed by atoms with Crippen LogP contribution < -0.4 is 22.1 Å². The number of nitrogens with two attached hydrogens (primary N) is 2. The van der Waals surface area contributed by atoms with Crippen molar-refractivity contribution in [3.05, 3.63) is 11.6 Å². The average Bonchev–Trinajstić information content (AvgIpc) is 3.29. The Kier molecular flexibility index (Phi) is 11.8. The maximum atomic E-state index is 12.8. The zero-order valence-corrected chi connectivity index (χ0v) is 27.2. The predicted molar refractivity (Wildman–Crippen MR) is 170 cm³/mol. The first-order chi connectivity index (χ1) is 19.6. The summed E-state index contributed by atoms with van der Waals surface area (Å²) in [6, 6.07) is -0.607. The Morgan fingerprint density at radius 3 is 2.54 bits per heavy atom. The highest BCUT2D eigenvalue weighted by Crippen LogP contribution is 2.67. The predicted octanol–water partition coefficient (Wildman–Crippen LogP) is 5.79. The maximum absolute atomic E-state index is 12.8. The molecule has 0 aromatic carbocycles. The topological polar surface area (TPSA) is 102 Å². The van der Waals surface area contributed by atoms with Crippen LogP contribution >= 0.6 is 0 Å². The van der Waals surface area contributed by atoms with Crippen molar-refractivity contribution in [2.75, 3.05) is 32.7 Å². The molecule has 41 heavy (non-hydrogen) atoms. The van der Waals surface area contributed by atoms with Crippen LogP contribution in [0.3, 0.4) is 0 Å². The maximum Gasteiger partial charge on any atom is 0.324 e. The molecule has 0 amide bonds. The second-order valence-corrected chi connectivity index (χ2v) is 15.3. The third-order valence-electron chi connectivity index (χ3n) is 12.2. The third kappa shape index (κ3) is 7.59. The minimum absolute atomic E-state index is 0.0266. The molecule has 4 rings (SSSR count). The number of carbonyl (C=O) groups excluding carboxylic acids is 1. The van der Waals surface area contributed by atoms with Gasteiger partial charge in [-0.05, 0) is 111 Å². The van der Waals surface area contributed by atoms with Crippen molar-refractivity contribution in [1.82, 2.24) is 10.6 Å². The van der Waals surface area contributed by atoms with E-state index in [1.165, 1.54) is 51.4 Å². The number of hydrogen-bond acceptors (Lipinski definition) is 6. The number of hydrogen-bond donors (Lipinski definition) is 4. The van der Waals surface area contributed by atoms with Crippen LogP contribution in [0.2, 0.25) is 0 Å². The van der Waals surface area contributed by atoms with Crippen LogP contribution in [0.5, 0.6) is 0 Å². The van der Waals surface area contributed by atoms with Gasteiger partial charge in [0.05, 0.1) is 0 Å².